The molecular formula is C23H24. The Morgan fingerprint density at radius 1 is 0.652 bits per heavy atom. The molecule has 116 valence electrons. The van der Waals surface area contributed by atoms with Gasteiger partial charge >= 0.3 is 0 Å². The van der Waals surface area contributed by atoms with E-state index in [9.17, 15) is 0 Å². The number of aryl methyl sites for hydroxylation is 1. The van der Waals surface area contributed by atoms with Gasteiger partial charge in [0.05, 0.1) is 0 Å². The smallest absolute Gasteiger partial charge is 0.0249 e. The third-order valence-corrected chi connectivity index (χ3v) is 3.62. The Kier molecular flexibility index (Phi) is 7.03. The van der Waals surface area contributed by atoms with Gasteiger partial charge in [-0.15, -0.1) is 0 Å². The molecule has 0 radical (unpaired) electrons. The molecule has 0 atom stereocenters. The van der Waals surface area contributed by atoms with E-state index >= 15 is 0 Å². The highest BCUT2D eigenvalue weighted by Gasteiger charge is 1.93. The van der Waals surface area contributed by atoms with Gasteiger partial charge in [-0.2, -0.15) is 0 Å². The van der Waals surface area contributed by atoms with E-state index in [1.165, 1.54) is 18.4 Å². The number of hydrogen-bond acceptors (Lipinski definition) is 0. The topological polar surface area (TPSA) is 0 Å². The molecule has 0 aliphatic rings. The van der Waals surface area contributed by atoms with Crippen LogP contribution in [0.15, 0.2) is 48.5 Å². The second-order valence-electron chi connectivity index (χ2n) is 5.68. The Hall–Kier alpha value is -2.44. The van der Waals surface area contributed by atoms with Crippen molar-refractivity contribution in [2.24, 2.45) is 0 Å². The molecule has 2 aromatic carbocycles. The van der Waals surface area contributed by atoms with Crippen LogP contribution in [0.5, 0.6) is 0 Å². The summed E-state index contributed by atoms with van der Waals surface area (Å²) in [6.07, 6.45) is 5.70. The molecule has 0 heteroatoms. The second kappa shape index (κ2) is 9.55. The van der Waals surface area contributed by atoms with Crippen LogP contribution in [0.3, 0.4) is 0 Å². The summed E-state index contributed by atoms with van der Waals surface area (Å²) in [5.41, 5.74) is 4.55. The molecule has 2 aromatic rings. The number of unbranched alkanes of at least 4 members (excludes halogenated alkanes) is 2. The molecule has 0 nitrogen and oxygen atoms in total. The van der Waals surface area contributed by atoms with Crippen LogP contribution in [-0.4, -0.2) is 0 Å². The fourth-order valence-corrected chi connectivity index (χ4v) is 2.21. The van der Waals surface area contributed by atoms with Gasteiger partial charge in [0.2, 0.25) is 0 Å². The van der Waals surface area contributed by atoms with E-state index in [-0.39, 0.29) is 0 Å². The van der Waals surface area contributed by atoms with E-state index in [2.05, 4.69) is 61.8 Å². The van der Waals surface area contributed by atoms with Crippen LogP contribution in [0.1, 0.15) is 61.8 Å². The largest absolute Gasteiger partial charge is 0.0979 e. The fourth-order valence-electron chi connectivity index (χ4n) is 2.21. The molecule has 0 fully saturated rings. The molecule has 0 unspecified atom stereocenters. The summed E-state index contributed by atoms with van der Waals surface area (Å²) >= 11 is 0. The molecule has 0 aliphatic heterocycles. The minimum absolute atomic E-state index is 0.954. The maximum atomic E-state index is 3.23. The highest BCUT2D eigenvalue weighted by atomic mass is 14.0. The van der Waals surface area contributed by atoms with Crippen molar-refractivity contribution in [2.45, 2.75) is 46.0 Å². The standard InChI is InChI=1S/C23H24/c1-3-5-7-9-21-12-16-23(17-13-21)19-18-22-14-10-20(11-15-22)8-6-4-2/h10-17H,3-6,8H2,1-2H3. The molecule has 0 N–H and O–H groups in total. The van der Waals surface area contributed by atoms with Crippen LogP contribution in [0.2, 0.25) is 0 Å². The van der Waals surface area contributed by atoms with Gasteiger partial charge in [0.25, 0.3) is 0 Å². The first-order chi connectivity index (χ1) is 11.3. The maximum absolute atomic E-state index is 3.23. The summed E-state index contributed by atoms with van der Waals surface area (Å²) in [4.78, 5) is 0. The molecule has 0 saturated heterocycles. The highest BCUT2D eigenvalue weighted by Crippen LogP contribution is 2.08. The summed E-state index contributed by atoms with van der Waals surface area (Å²) < 4.78 is 0. The molecule has 0 heterocycles. The van der Waals surface area contributed by atoms with Gasteiger partial charge in [0, 0.05) is 23.1 Å². The van der Waals surface area contributed by atoms with E-state index in [0.29, 0.717) is 0 Å². The van der Waals surface area contributed by atoms with Crippen molar-refractivity contribution in [1.29, 1.82) is 0 Å². The van der Waals surface area contributed by atoms with Crippen molar-refractivity contribution in [2.75, 3.05) is 0 Å². The highest BCUT2D eigenvalue weighted by molar-refractivity contribution is 5.46. The SMILES string of the molecule is CCCC#Cc1ccc(C#Cc2ccc(CCCC)cc2)cc1. The number of benzene rings is 2. The average molecular weight is 300 g/mol. The summed E-state index contributed by atoms with van der Waals surface area (Å²) in [5.74, 6) is 12.8. The Balaban J connectivity index is 2.00. The summed E-state index contributed by atoms with van der Waals surface area (Å²) in [5, 5.41) is 0. The lowest BCUT2D eigenvalue weighted by Gasteiger charge is -1.99. The first-order valence-electron chi connectivity index (χ1n) is 8.51. The van der Waals surface area contributed by atoms with Crippen LogP contribution in [0.25, 0.3) is 0 Å². The first kappa shape index (κ1) is 16.9. The van der Waals surface area contributed by atoms with Crippen molar-refractivity contribution >= 4 is 0 Å². The van der Waals surface area contributed by atoms with E-state index in [0.717, 1.165) is 36.0 Å². The average Bonchev–Trinajstić information content (AvgIpc) is 2.60. The lowest BCUT2D eigenvalue weighted by molar-refractivity contribution is 0.795. The molecule has 0 aliphatic carbocycles. The zero-order chi connectivity index (χ0) is 16.3. The lowest BCUT2D eigenvalue weighted by atomic mass is 10.1. The van der Waals surface area contributed by atoms with Crippen LogP contribution in [0, 0.1) is 23.7 Å². The van der Waals surface area contributed by atoms with E-state index in [4.69, 9.17) is 0 Å². The molecule has 0 saturated carbocycles. The van der Waals surface area contributed by atoms with Gasteiger partial charge in [-0.3, -0.25) is 0 Å². The molecule has 0 amide bonds. The van der Waals surface area contributed by atoms with Crippen molar-refractivity contribution < 1.29 is 0 Å². The fraction of sp³-hybridized carbons (Fsp3) is 0.304. The van der Waals surface area contributed by atoms with Gasteiger partial charge in [-0.1, -0.05) is 56.1 Å². The van der Waals surface area contributed by atoms with Gasteiger partial charge in [0.1, 0.15) is 0 Å². The van der Waals surface area contributed by atoms with Crippen LogP contribution < -0.4 is 0 Å². The minimum Gasteiger partial charge on any atom is -0.0979 e. The van der Waals surface area contributed by atoms with Crippen LogP contribution in [0.4, 0.5) is 0 Å². The summed E-state index contributed by atoms with van der Waals surface area (Å²) in [7, 11) is 0. The molecule has 0 spiro atoms. The molecule has 2 rings (SSSR count). The third kappa shape index (κ3) is 6.06. The zero-order valence-corrected chi connectivity index (χ0v) is 14.2. The Bertz CT molecular complexity index is 710. The van der Waals surface area contributed by atoms with Crippen molar-refractivity contribution in [3.05, 3.63) is 70.8 Å². The maximum Gasteiger partial charge on any atom is 0.0249 e. The van der Waals surface area contributed by atoms with Crippen molar-refractivity contribution in [1.82, 2.24) is 0 Å². The van der Waals surface area contributed by atoms with Gasteiger partial charge in [0.15, 0.2) is 0 Å². The lowest BCUT2D eigenvalue weighted by Crippen LogP contribution is -1.84. The molecular weight excluding hydrogens is 276 g/mol. The Morgan fingerprint density at radius 2 is 1.17 bits per heavy atom. The quantitative estimate of drug-likeness (QED) is 0.647. The van der Waals surface area contributed by atoms with Crippen molar-refractivity contribution in [3.63, 3.8) is 0 Å². The molecule has 0 bridgehead atoms. The molecule has 0 aromatic heterocycles. The summed E-state index contributed by atoms with van der Waals surface area (Å²) in [6.45, 7) is 4.37. The minimum atomic E-state index is 0.954. The van der Waals surface area contributed by atoms with Gasteiger partial charge < -0.3 is 0 Å². The predicted molar refractivity (Wildman–Crippen MR) is 99.3 cm³/mol. The van der Waals surface area contributed by atoms with Crippen molar-refractivity contribution in [3.8, 4) is 23.7 Å². The van der Waals surface area contributed by atoms with Crippen LogP contribution >= 0.6 is 0 Å². The van der Waals surface area contributed by atoms with E-state index < -0.39 is 0 Å². The third-order valence-electron chi connectivity index (χ3n) is 3.62. The Labute approximate surface area is 141 Å². The normalized spacial score (nSPS) is 9.48. The van der Waals surface area contributed by atoms with Crippen LogP contribution in [-0.2, 0) is 6.42 Å². The predicted octanol–water partition coefficient (Wildman–Crippen LogP) is 5.58. The van der Waals surface area contributed by atoms with Gasteiger partial charge in [-0.25, -0.2) is 0 Å². The van der Waals surface area contributed by atoms with Gasteiger partial charge in [-0.05, 0) is 61.2 Å². The van der Waals surface area contributed by atoms with E-state index in [1.54, 1.807) is 0 Å². The number of hydrogen-bond donors (Lipinski definition) is 0. The first-order valence-corrected chi connectivity index (χ1v) is 8.51. The Morgan fingerprint density at radius 3 is 1.70 bits per heavy atom. The zero-order valence-electron chi connectivity index (χ0n) is 14.2. The number of rotatable bonds is 4. The monoisotopic (exact) mass is 300 g/mol. The summed E-state index contributed by atoms with van der Waals surface area (Å²) in [6, 6.07) is 16.8. The molecule has 23 heavy (non-hydrogen) atoms. The second-order valence-corrected chi connectivity index (χ2v) is 5.68. The van der Waals surface area contributed by atoms with E-state index in [1.807, 2.05) is 24.3 Å².